The molecule has 1 aliphatic heterocycles. The van der Waals surface area contributed by atoms with Gasteiger partial charge in [-0.3, -0.25) is 14.9 Å². The zero-order valence-electron chi connectivity index (χ0n) is 18.6. The van der Waals surface area contributed by atoms with Crippen LogP contribution in [0.5, 0.6) is 5.75 Å². The second-order valence-electron chi connectivity index (χ2n) is 8.61. The lowest BCUT2D eigenvalue weighted by molar-refractivity contribution is -0.384. The van der Waals surface area contributed by atoms with Gasteiger partial charge in [0.1, 0.15) is 11.4 Å². The van der Waals surface area contributed by atoms with Crippen LogP contribution in [-0.2, 0) is 9.53 Å². The number of hydrogen-bond donors (Lipinski definition) is 2. The number of likely N-dealkylation sites (tertiary alicyclic amines) is 1. The fourth-order valence-corrected chi connectivity index (χ4v) is 3.33. The number of nitrogens with one attached hydrogen (secondary N) is 2. The Labute approximate surface area is 182 Å². The van der Waals surface area contributed by atoms with Gasteiger partial charge in [-0.15, -0.1) is 0 Å². The van der Waals surface area contributed by atoms with Crippen molar-refractivity contribution in [3.63, 3.8) is 0 Å². The van der Waals surface area contributed by atoms with Gasteiger partial charge in [0, 0.05) is 25.6 Å². The first-order chi connectivity index (χ1) is 14.6. The molecule has 172 valence electrons. The fraction of sp³-hybridized carbons (Fsp3) is 0.619. The molecule has 0 spiro atoms. The molecule has 0 bridgehead atoms. The quantitative estimate of drug-likeness (QED) is 0.474. The van der Waals surface area contributed by atoms with Crippen LogP contribution < -0.4 is 15.4 Å². The Morgan fingerprint density at radius 1 is 1.26 bits per heavy atom. The summed E-state index contributed by atoms with van der Waals surface area (Å²) < 4.78 is 10.4. The number of non-ortho nitro benzene ring substituents is 1. The molecule has 2 rings (SSSR count). The predicted molar refractivity (Wildman–Crippen MR) is 116 cm³/mol. The lowest BCUT2D eigenvalue weighted by Crippen LogP contribution is -2.40. The number of nitro benzene ring substituents is 1. The van der Waals surface area contributed by atoms with Crippen LogP contribution in [0.4, 0.5) is 16.2 Å². The molecule has 0 atom stereocenters. The summed E-state index contributed by atoms with van der Waals surface area (Å²) in [4.78, 5) is 36.6. The van der Waals surface area contributed by atoms with Gasteiger partial charge in [-0.1, -0.05) is 0 Å². The zero-order valence-corrected chi connectivity index (χ0v) is 18.6. The molecule has 1 heterocycles. The van der Waals surface area contributed by atoms with Crippen LogP contribution in [0.15, 0.2) is 18.2 Å². The van der Waals surface area contributed by atoms with Crippen LogP contribution >= 0.6 is 0 Å². The largest absolute Gasteiger partial charge is 0.494 e. The summed E-state index contributed by atoms with van der Waals surface area (Å²) in [5, 5.41) is 16.4. The Hall–Kier alpha value is -2.88. The van der Waals surface area contributed by atoms with E-state index in [1.165, 1.54) is 25.3 Å². The average Bonchev–Trinajstić information content (AvgIpc) is 2.70. The monoisotopic (exact) mass is 436 g/mol. The number of methoxy groups -OCH3 is 1. The first-order valence-electron chi connectivity index (χ1n) is 10.4. The lowest BCUT2D eigenvalue weighted by atomic mass is 9.97. The molecule has 2 amide bonds. The summed E-state index contributed by atoms with van der Waals surface area (Å²) in [6.45, 7) is 8.41. The number of piperidine rings is 1. The minimum atomic E-state index is -0.513. The number of carbonyl (C=O) groups excluding carboxylic acids is 2. The number of benzene rings is 1. The van der Waals surface area contributed by atoms with E-state index in [2.05, 4.69) is 15.5 Å². The lowest BCUT2D eigenvalue weighted by Gasteiger charge is -2.32. The topological polar surface area (TPSA) is 123 Å². The maximum atomic E-state index is 12.3. The van der Waals surface area contributed by atoms with Gasteiger partial charge in [0.25, 0.3) is 5.69 Å². The van der Waals surface area contributed by atoms with E-state index in [4.69, 9.17) is 9.47 Å². The Bertz CT molecular complexity index is 785. The van der Waals surface area contributed by atoms with Crippen molar-refractivity contribution in [1.82, 2.24) is 10.2 Å². The number of nitro groups is 1. The number of amides is 2. The molecule has 0 aromatic heterocycles. The first-order valence-corrected chi connectivity index (χ1v) is 10.4. The standard InChI is InChI=1S/C21H32N4O6/c1-21(2,3)31-20(27)22-14-15-7-10-24(11-8-15)12-9-19(26)23-17-6-5-16(25(28)29)13-18(17)30-4/h5-6,13,15H,7-12,14H2,1-4H3,(H,22,27)(H,23,26). The van der Waals surface area contributed by atoms with Gasteiger partial charge in [0.2, 0.25) is 5.91 Å². The molecule has 0 saturated carbocycles. The summed E-state index contributed by atoms with van der Waals surface area (Å²) >= 11 is 0. The van der Waals surface area contributed by atoms with Gasteiger partial charge in [0.05, 0.1) is 23.8 Å². The number of alkyl carbamates (subject to hydrolysis) is 1. The Morgan fingerprint density at radius 3 is 2.52 bits per heavy atom. The van der Waals surface area contributed by atoms with Crippen LogP contribution in [0.25, 0.3) is 0 Å². The highest BCUT2D eigenvalue weighted by Gasteiger charge is 2.22. The van der Waals surface area contributed by atoms with Crippen LogP contribution in [0.2, 0.25) is 0 Å². The van der Waals surface area contributed by atoms with Crippen LogP contribution in [0.1, 0.15) is 40.0 Å². The molecule has 1 aromatic rings. The fourth-order valence-electron chi connectivity index (χ4n) is 3.33. The Morgan fingerprint density at radius 2 is 1.94 bits per heavy atom. The molecular weight excluding hydrogens is 404 g/mol. The summed E-state index contributed by atoms with van der Waals surface area (Å²) in [6, 6.07) is 4.08. The SMILES string of the molecule is COc1cc([N+](=O)[O-])ccc1NC(=O)CCN1CCC(CNC(=O)OC(C)(C)C)CC1. The number of ether oxygens (including phenoxy) is 2. The van der Waals surface area contributed by atoms with Crippen molar-refractivity contribution in [1.29, 1.82) is 0 Å². The van der Waals surface area contributed by atoms with E-state index < -0.39 is 16.6 Å². The molecule has 1 aromatic carbocycles. The molecule has 1 aliphatic rings. The summed E-state index contributed by atoms with van der Waals surface area (Å²) in [6.07, 6.45) is 1.79. The summed E-state index contributed by atoms with van der Waals surface area (Å²) in [7, 11) is 1.40. The molecule has 2 N–H and O–H groups in total. The van der Waals surface area contributed by atoms with Crippen LogP contribution in [0, 0.1) is 16.0 Å². The Balaban J connectivity index is 1.71. The third kappa shape index (κ3) is 8.41. The van der Waals surface area contributed by atoms with Crippen molar-refractivity contribution in [2.24, 2.45) is 5.92 Å². The van der Waals surface area contributed by atoms with E-state index in [-0.39, 0.29) is 17.3 Å². The maximum Gasteiger partial charge on any atom is 0.407 e. The molecule has 1 fully saturated rings. The molecule has 31 heavy (non-hydrogen) atoms. The van der Waals surface area contributed by atoms with Crippen molar-refractivity contribution in [3.05, 3.63) is 28.3 Å². The van der Waals surface area contributed by atoms with E-state index in [0.29, 0.717) is 31.1 Å². The molecule has 0 aliphatic carbocycles. The van der Waals surface area contributed by atoms with E-state index in [1.807, 2.05) is 20.8 Å². The van der Waals surface area contributed by atoms with Crippen molar-refractivity contribution < 1.29 is 24.0 Å². The van der Waals surface area contributed by atoms with Crippen LogP contribution in [-0.4, -0.2) is 60.7 Å². The first kappa shape index (κ1) is 24.4. The molecule has 0 unspecified atom stereocenters. The number of carbonyl (C=O) groups is 2. The maximum absolute atomic E-state index is 12.3. The summed E-state index contributed by atoms with van der Waals surface area (Å²) in [5.41, 5.74) is -0.198. The third-order valence-corrected chi connectivity index (χ3v) is 4.97. The zero-order chi connectivity index (χ0) is 23.0. The smallest absolute Gasteiger partial charge is 0.407 e. The molecular formula is C21H32N4O6. The number of nitrogens with zero attached hydrogens (tertiary/aromatic N) is 2. The molecule has 0 radical (unpaired) electrons. The highest BCUT2D eigenvalue weighted by molar-refractivity contribution is 5.92. The minimum Gasteiger partial charge on any atom is -0.494 e. The number of hydrogen-bond acceptors (Lipinski definition) is 7. The second-order valence-corrected chi connectivity index (χ2v) is 8.61. The third-order valence-electron chi connectivity index (χ3n) is 4.97. The normalized spacial score (nSPS) is 15.2. The van der Waals surface area contributed by atoms with Crippen LogP contribution in [0.3, 0.4) is 0 Å². The van der Waals surface area contributed by atoms with Gasteiger partial charge < -0.3 is 25.0 Å². The van der Waals surface area contributed by atoms with Gasteiger partial charge in [-0.2, -0.15) is 0 Å². The number of rotatable bonds is 8. The van der Waals surface area contributed by atoms with E-state index in [9.17, 15) is 19.7 Å². The van der Waals surface area contributed by atoms with Crippen molar-refractivity contribution in [3.8, 4) is 5.75 Å². The van der Waals surface area contributed by atoms with Gasteiger partial charge >= 0.3 is 6.09 Å². The second kappa shape index (κ2) is 10.9. The molecule has 1 saturated heterocycles. The van der Waals surface area contributed by atoms with Gasteiger partial charge in [-0.25, -0.2) is 4.79 Å². The van der Waals surface area contributed by atoms with E-state index >= 15 is 0 Å². The van der Waals surface area contributed by atoms with Crippen molar-refractivity contribution in [2.75, 3.05) is 38.6 Å². The predicted octanol–water partition coefficient (Wildman–Crippen LogP) is 3.17. The molecule has 10 nitrogen and oxygen atoms in total. The minimum absolute atomic E-state index is 0.0983. The van der Waals surface area contributed by atoms with Crippen molar-refractivity contribution in [2.45, 2.75) is 45.6 Å². The average molecular weight is 437 g/mol. The van der Waals surface area contributed by atoms with Crippen molar-refractivity contribution >= 4 is 23.4 Å². The highest BCUT2D eigenvalue weighted by atomic mass is 16.6. The van der Waals surface area contributed by atoms with E-state index in [0.717, 1.165) is 25.9 Å². The van der Waals surface area contributed by atoms with E-state index in [1.54, 1.807) is 0 Å². The van der Waals surface area contributed by atoms with Gasteiger partial charge in [0.15, 0.2) is 0 Å². The highest BCUT2D eigenvalue weighted by Crippen LogP contribution is 2.29. The Kier molecular flexibility index (Phi) is 8.61. The van der Waals surface area contributed by atoms with Gasteiger partial charge in [-0.05, 0) is 58.7 Å². The molecule has 10 heteroatoms. The summed E-state index contributed by atoms with van der Waals surface area (Å²) in [5.74, 6) is 0.462. The number of anilines is 1.